The van der Waals surface area contributed by atoms with Crippen molar-refractivity contribution in [2.45, 2.75) is 12.8 Å². The quantitative estimate of drug-likeness (QED) is 0.824. The summed E-state index contributed by atoms with van der Waals surface area (Å²) >= 11 is 0. The van der Waals surface area contributed by atoms with Crippen LogP contribution in [-0.2, 0) is 6.42 Å². The summed E-state index contributed by atoms with van der Waals surface area (Å²) < 4.78 is 5.49. The van der Waals surface area contributed by atoms with E-state index in [1.807, 2.05) is 18.2 Å². The third-order valence-corrected chi connectivity index (χ3v) is 2.62. The van der Waals surface area contributed by atoms with Crippen molar-refractivity contribution in [3.8, 4) is 11.9 Å². The second-order valence-electron chi connectivity index (χ2n) is 4.01. The smallest absolute Gasteiger partial charge is 0.214 e. The van der Waals surface area contributed by atoms with Gasteiger partial charge in [0, 0.05) is 18.5 Å². The number of aromatic nitrogens is 2. The van der Waals surface area contributed by atoms with Gasteiger partial charge in [-0.05, 0) is 36.6 Å². The minimum atomic E-state index is 0.201. The van der Waals surface area contributed by atoms with Crippen LogP contribution in [-0.4, -0.2) is 16.6 Å². The topological polar surface area (TPSA) is 84.8 Å². The number of anilines is 1. The van der Waals surface area contributed by atoms with E-state index in [1.54, 1.807) is 24.5 Å². The van der Waals surface area contributed by atoms with Crippen molar-refractivity contribution >= 4 is 5.69 Å². The molecule has 0 fully saturated rings. The Kier molecular flexibility index (Phi) is 4.29. The number of nitrogens with two attached hydrogens (primary N) is 1. The van der Waals surface area contributed by atoms with Crippen LogP contribution in [0.2, 0.25) is 0 Å². The molecule has 2 aromatic heterocycles. The summed E-state index contributed by atoms with van der Waals surface area (Å²) in [5, 5.41) is 8.81. The number of rotatable bonds is 5. The van der Waals surface area contributed by atoms with Gasteiger partial charge >= 0.3 is 0 Å². The van der Waals surface area contributed by atoms with Gasteiger partial charge in [-0.25, -0.2) is 4.98 Å². The lowest BCUT2D eigenvalue weighted by atomic mass is 10.1. The van der Waals surface area contributed by atoms with Crippen molar-refractivity contribution in [2.24, 2.45) is 0 Å². The second kappa shape index (κ2) is 6.36. The van der Waals surface area contributed by atoms with E-state index in [4.69, 9.17) is 15.7 Å². The van der Waals surface area contributed by atoms with Crippen molar-refractivity contribution in [3.63, 3.8) is 0 Å². The highest BCUT2D eigenvalue weighted by Crippen LogP contribution is 2.14. The van der Waals surface area contributed by atoms with Crippen molar-refractivity contribution in [3.05, 3.63) is 47.9 Å². The van der Waals surface area contributed by atoms with Crippen molar-refractivity contribution < 1.29 is 4.74 Å². The zero-order valence-electron chi connectivity index (χ0n) is 10.4. The predicted octanol–water partition coefficient (Wildman–Crippen LogP) is 1.94. The second-order valence-corrected chi connectivity index (χ2v) is 4.01. The molecule has 5 nitrogen and oxygen atoms in total. The first-order valence-electron chi connectivity index (χ1n) is 5.98. The lowest BCUT2D eigenvalue weighted by Crippen LogP contribution is -2.03. The number of pyridine rings is 2. The number of ether oxygens (including phenoxy) is 1. The van der Waals surface area contributed by atoms with E-state index in [0.717, 1.165) is 12.8 Å². The van der Waals surface area contributed by atoms with Gasteiger partial charge in [0.15, 0.2) is 5.69 Å². The normalized spacial score (nSPS) is 9.84. The van der Waals surface area contributed by atoms with Gasteiger partial charge in [0.05, 0.1) is 12.3 Å². The zero-order chi connectivity index (χ0) is 13.5. The molecule has 0 aliphatic heterocycles. The Morgan fingerprint density at radius 3 is 2.74 bits per heavy atom. The van der Waals surface area contributed by atoms with Crippen molar-refractivity contribution in [2.75, 3.05) is 12.3 Å². The summed E-state index contributed by atoms with van der Waals surface area (Å²) in [6.07, 6.45) is 5.34. The molecule has 2 N–H and O–H groups in total. The minimum absolute atomic E-state index is 0.201. The Balaban J connectivity index is 1.82. The Hall–Kier alpha value is -2.61. The lowest BCUT2D eigenvalue weighted by molar-refractivity contribution is 0.299. The van der Waals surface area contributed by atoms with Crippen LogP contribution in [0.5, 0.6) is 5.88 Å². The molecule has 0 aliphatic carbocycles. The lowest BCUT2D eigenvalue weighted by Gasteiger charge is -2.06. The van der Waals surface area contributed by atoms with Crippen LogP contribution in [0, 0.1) is 11.3 Å². The van der Waals surface area contributed by atoms with Gasteiger partial charge in [0.25, 0.3) is 0 Å². The van der Waals surface area contributed by atoms with Crippen LogP contribution in [0.3, 0.4) is 0 Å². The van der Waals surface area contributed by atoms with Gasteiger partial charge in [-0.1, -0.05) is 0 Å². The molecule has 0 bridgehead atoms. The number of nitrogens with zero attached hydrogens (tertiary/aromatic N) is 3. The molecular weight excluding hydrogens is 240 g/mol. The molecule has 0 unspecified atom stereocenters. The SMILES string of the molecule is N#Cc1nc(OCCCc2ccncc2)ccc1N. The summed E-state index contributed by atoms with van der Waals surface area (Å²) in [6.45, 7) is 0.546. The van der Waals surface area contributed by atoms with Crippen LogP contribution in [0.15, 0.2) is 36.7 Å². The number of nitriles is 1. The van der Waals surface area contributed by atoms with Crippen LogP contribution in [0.25, 0.3) is 0 Å². The van der Waals surface area contributed by atoms with E-state index in [0.29, 0.717) is 18.2 Å². The fourth-order valence-corrected chi connectivity index (χ4v) is 1.62. The highest BCUT2D eigenvalue weighted by Gasteiger charge is 2.02. The molecule has 0 saturated heterocycles. The average Bonchev–Trinajstić information content (AvgIpc) is 2.46. The molecule has 2 rings (SSSR count). The molecule has 19 heavy (non-hydrogen) atoms. The van der Waals surface area contributed by atoms with E-state index in [2.05, 4.69) is 9.97 Å². The molecule has 0 aliphatic rings. The van der Waals surface area contributed by atoms with E-state index in [1.165, 1.54) is 5.56 Å². The predicted molar refractivity (Wildman–Crippen MR) is 71.4 cm³/mol. The maximum absolute atomic E-state index is 8.81. The van der Waals surface area contributed by atoms with Crippen LogP contribution in [0.4, 0.5) is 5.69 Å². The van der Waals surface area contributed by atoms with E-state index in [9.17, 15) is 0 Å². The summed E-state index contributed by atoms with van der Waals surface area (Å²) in [4.78, 5) is 7.98. The molecule has 0 aromatic carbocycles. The number of hydrogen-bond acceptors (Lipinski definition) is 5. The summed E-state index contributed by atoms with van der Waals surface area (Å²) in [6, 6.07) is 9.19. The maximum Gasteiger partial charge on any atom is 0.214 e. The van der Waals surface area contributed by atoms with Gasteiger partial charge in [-0.15, -0.1) is 0 Å². The van der Waals surface area contributed by atoms with Gasteiger partial charge in [-0.3, -0.25) is 4.98 Å². The highest BCUT2D eigenvalue weighted by molar-refractivity contribution is 5.50. The summed E-state index contributed by atoms with van der Waals surface area (Å²) in [5.41, 5.74) is 7.38. The average molecular weight is 254 g/mol. The van der Waals surface area contributed by atoms with Gasteiger partial charge < -0.3 is 10.5 Å². The fourth-order valence-electron chi connectivity index (χ4n) is 1.62. The van der Waals surface area contributed by atoms with Crippen molar-refractivity contribution in [1.29, 1.82) is 5.26 Å². The van der Waals surface area contributed by atoms with Gasteiger partial charge in [0.2, 0.25) is 5.88 Å². The Morgan fingerprint density at radius 2 is 2.00 bits per heavy atom. The van der Waals surface area contributed by atoms with E-state index >= 15 is 0 Å². The maximum atomic E-state index is 8.81. The van der Waals surface area contributed by atoms with Crippen LogP contribution >= 0.6 is 0 Å². The van der Waals surface area contributed by atoms with Crippen molar-refractivity contribution in [1.82, 2.24) is 9.97 Å². The molecule has 0 spiro atoms. The van der Waals surface area contributed by atoms with Gasteiger partial charge in [0.1, 0.15) is 6.07 Å². The largest absolute Gasteiger partial charge is 0.478 e. The Morgan fingerprint density at radius 1 is 1.21 bits per heavy atom. The minimum Gasteiger partial charge on any atom is -0.478 e. The monoisotopic (exact) mass is 254 g/mol. The standard InChI is InChI=1S/C14H14N4O/c15-10-13-12(16)3-4-14(18-13)19-9-1-2-11-5-7-17-8-6-11/h3-8H,1-2,9,16H2. The van der Waals surface area contributed by atoms with Crippen LogP contribution in [0.1, 0.15) is 17.7 Å². The molecule has 5 heteroatoms. The molecule has 0 amide bonds. The molecule has 0 saturated carbocycles. The Labute approximate surface area is 111 Å². The molecule has 0 radical (unpaired) electrons. The molecule has 96 valence electrons. The summed E-state index contributed by atoms with van der Waals surface area (Å²) in [7, 11) is 0. The third kappa shape index (κ3) is 3.68. The van der Waals surface area contributed by atoms with E-state index in [-0.39, 0.29) is 5.69 Å². The molecule has 2 aromatic rings. The highest BCUT2D eigenvalue weighted by atomic mass is 16.5. The first kappa shape index (κ1) is 12.8. The van der Waals surface area contributed by atoms with E-state index < -0.39 is 0 Å². The zero-order valence-corrected chi connectivity index (χ0v) is 10.4. The fraction of sp³-hybridized carbons (Fsp3) is 0.214. The summed E-state index contributed by atoms with van der Waals surface area (Å²) in [5.74, 6) is 0.431. The molecule has 2 heterocycles. The third-order valence-electron chi connectivity index (χ3n) is 2.62. The first-order valence-corrected chi connectivity index (χ1v) is 5.98. The number of hydrogen-bond donors (Lipinski definition) is 1. The molecular formula is C14H14N4O. The van der Waals surface area contributed by atoms with Crippen LogP contribution < -0.4 is 10.5 Å². The first-order chi connectivity index (χ1) is 9.29. The van der Waals surface area contributed by atoms with Gasteiger partial charge in [-0.2, -0.15) is 5.26 Å². The number of nitrogen functional groups attached to an aromatic ring is 1. The molecule has 0 atom stereocenters. The Bertz CT molecular complexity index is 578. The number of aryl methyl sites for hydroxylation is 1.